The van der Waals surface area contributed by atoms with Gasteiger partial charge in [0.15, 0.2) is 0 Å². The molecule has 0 atom stereocenters. The van der Waals surface area contributed by atoms with Crippen LogP contribution in [0.25, 0.3) is 0 Å². The van der Waals surface area contributed by atoms with Gasteiger partial charge in [-0.05, 0) is 49.7 Å². The SMILES string of the molecule is CN(C)CCN(C)c1nc2c(c(Nc3ccccc3C(C)(C)C)n1)CCN(c1ncccc1C(F)(F)F)CC2. The number of aromatic nitrogens is 3. The van der Waals surface area contributed by atoms with Gasteiger partial charge in [0.1, 0.15) is 11.6 Å². The number of hydrogen-bond donors (Lipinski definition) is 1. The summed E-state index contributed by atoms with van der Waals surface area (Å²) < 4.78 is 41.3. The predicted molar refractivity (Wildman–Crippen MR) is 151 cm³/mol. The highest BCUT2D eigenvalue weighted by molar-refractivity contribution is 5.66. The van der Waals surface area contributed by atoms with E-state index in [1.54, 1.807) is 4.90 Å². The number of alkyl halides is 3. The minimum Gasteiger partial charge on any atom is -0.355 e. The number of nitrogens with one attached hydrogen (secondary N) is 1. The molecule has 0 bridgehead atoms. The Balaban J connectivity index is 1.73. The van der Waals surface area contributed by atoms with Crippen molar-refractivity contribution >= 4 is 23.3 Å². The Morgan fingerprint density at radius 2 is 1.59 bits per heavy atom. The molecule has 4 rings (SSSR count). The zero-order valence-electron chi connectivity index (χ0n) is 23.6. The lowest BCUT2D eigenvalue weighted by Crippen LogP contribution is -2.30. The summed E-state index contributed by atoms with van der Waals surface area (Å²) in [6.45, 7) is 8.82. The van der Waals surface area contributed by atoms with Gasteiger partial charge in [0.05, 0.1) is 11.3 Å². The Morgan fingerprint density at radius 1 is 0.897 bits per heavy atom. The quantitative estimate of drug-likeness (QED) is 0.422. The van der Waals surface area contributed by atoms with Gasteiger partial charge in [0, 0.05) is 57.1 Å². The first kappa shape index (κ1) is 28.6. The van der Waals surface area contributed by atoms with Crippen molar-refractivity contribution in [3.8, 4) is 0 Å². The fraction of sp³-hybridized carbons (Fsp3) is 0.483. The maximum absolute atomic E-state index is 13.8. The van der Waals surface area contributed by atoms with Gasteiger partial charge < -0.3 is 20.0 Å². The molecule has 10 heteroatoms. The summed E-state index contributed by atoms with van der Waals surface area (Å²) >= 11 is 0. The second-order valence-corrected chi connectivity index (χ2v) is 11.3. The predicted octanol–water partition coefficient (Wildman–Crippen LogP) is 5.53. The smallest absolute Gasteiger partial charge is 0.355 e. The molecule has 3 aromatic rings. The largest absolute Gasteiger partial charge is 0.419 e. The van der Waals surface area contributed by atoms with E-state index in [1.807, 2.05) is 44.2 Å². The first-order valence-corrected chi connectivity index (χ1v) is 13.2. The Kier molecular flexibility index (Phi) is 8.34. The number of benzene rings is 1. The Bertz CT molecular complexity index is 1280. The summed E-state index contributed by atoms with van der Waals surface area (Å²) in [7, 11) is 6.00. The number of rotatable bonds is 7. The second kappa shape index (κ2) is 11.4. The van der Waals surface area contributed by atoms with Crippen LogP contribution in [-0.2, 0) is 24.4 Å². The highest BCUT2D eigenvalue weighted by atomic mass is 19.4. The number of fused-ring (bicyclic) bond motifs is 1. The lowest BCUT2D eigenvalue weighted by Gasteiger charge is -2.25. The normalized spacial score (nSPS) is 14.3. The molecular formula is C29H38F3N7. The van der Waals surface area contributed by atoms with E-state index in [4.69, 9.17) is 9.97 Å². The summed E-state index contributed by atoms with van der Waals surface area (Å²) in [6, 6.07) is 10.6. The van der Waals surface area contributed by atoms with Crippen molar-refractivity contribution < 1.29 is 13.2 Å². The molecule has 1 N–H and O–H groups in total. The molecular weight excluding hydrogens is 503 g/mol. The summed E-state index contributed by atoms with van der Waals surface area (Å²) in [5.41, 5.74) is 3.07. The molecule has 0 saturated carbocycles. The van der Waals surface area contributed by atoms with Gasteiger partial charge in [-0.2, -0.15) is 18.2 Å². The van der Waals surface area contributed by atoms with Crippen LogP contribution in [0.1, 0.15) is 43.2 Å². The van der Waals surface area contributed by atoms with Crippen molar-refractivity contribution in [1.82, 2.24) is 19.9 Å². The summed E-state index contributed by atoms with van der Waals surface area (Å²) in [6.07, 6.45) is -2.09. The Morgan fingerprint density at radius 3 is 2.28 bits per heavy atom. The molecule has 0 spiro atoms. The van der Waals surface area contributed by atoms with Crippen LogP contribution < -0.4 is 15.1 Å². The van der Waals surface area contributed by atoms with Crippen LogP contribution in [0, 0.1) is 0 Å². The average molecular weight is 542 g/mol. The zero-order valence-corrected chi connectivity index (χ0v) is 23.6. The van der Waals surface area contributed by atoms with E-state index in [1.165, 1.54) is 12.3 Å². The topological polar surface area (TPSA) is 60.4 Å². The minimum atomic E-state index is -4.48. The number of anilines is 4. The molecule has 0 saturated heterocycles. The van der Waals surface area contributed by atoms with Gasteiger partial charge in [-0.15, -0.1) is 0 Å². The van der Waals surface area contributed by atoms with Crippen LogP contribution in [-0.4, -0.2) is 67.2 Å². The molecule has 1 aromatic carbocycles. The van der Waals surface area contributed by atoms with Gasteiger partial charge in [-0.25, -0.2) is 9.97 Å². The number of nitrogens with zero attached hydrogens (tertiary/aromatic N) is 6. The van der Waals surface area contributed by atoms with E-state index < -0.39 is 11.7 Å². The van der Waals surface area contributed by atoms with Crippen LogP contribution in [0.3, 0.4) is 0 Å². The van der Waals surface area contributed by atoms with Crippen LogP contribution >= 0.6 is 0 Å². The van der Waals surface area contributed by atoms with Crippen molar-refractivity contribution in [1.29, 1.82) is 0 Å². The molecule has 1 aliphatic rings. The fourth-order valence-electron chi connectivity index (χ4n) is 4.77. The van der Waals surface area contributed by atoms with Crippen molar-refractivity contribution in [2.75, 3.05) is 62.4 Å². The maximum atomic E-state index is 13.8. The van der Waals surface area contributed by atoms with E-state index in [0.29, 0.717) is 37.7 Å². The van der Waals surface area contributed by atoms with E-state index in [2.05, 4.69) is 42.0 Å². The standard InChI is InChI=1S/C29H38F3N7/c1-28(2,3)21-10-7-8-12-24(21)34-25-20-13-16-39(26-22(29(30,31)32)11-9-15-33-26)17-14-23(20)35-27(36-25)38(6)19-18-37(4)5/h7-12,15H,13-14,16-19H2,1-6H3,(H,34,35,36). The molecule has 0 fully saturated rings. The molecule has 7 nitrogen and oxygen atoms in total. The third-order valence-corrected chi connectivity index (χ3v) is 6.94. The van der Waals surface area contributed by atoms with Gasteiger partial charge in [-0.3, -0.25) is 0 Å². The molecule has 1 aliphatic heterocycles. The van der Waals surface area contributed by atoms with Gasteiger partial charge >= 0.3 is 6.18 Å². The summed E-state index contributed by atoms with van der Waals surface area (Å²) in [5, 5.41) is 3.58. The fourth-order valence-corrected chi connectivity index (χ4v) is 4.77. The second-order valence-electron chi connectivity index (χ2n) is 11.3. The maximum Gasteiger partial charge on any atom is 0.419 e. The van der Waals surface area contributed by atoms with Crippen LogP contribution in [0.4, 0.5) is 36.4 Å². The lowest BCUT2D eigenvalue weighted by atomic mass is 9.86. The molecule has 0 aliphatic carbocycles. The monoisotopic (exact) mass is 541 g/mol. The van der Waals surface area contributed by atoms with Gasteiger partial charge in [-0.1, -0.05) is 39.0 Å². The number of para-hydroxylation sites is 1. The highest BCUT2D eigenvalue weighted by Crippen LogP contribution is 2.37. The first-order valence-electron chi connectivity index (χ1n) is 13.2. The third-order valence-electron chi connectivity index (χ3n) is 6.94. The zero-order chi connectivity index (χ0) is 28.4. The highest BCUT2D eigenvalue weighted by Gasteiger charge is 2.36. The molecule has 0 amide bonds. The van der Waals surface area contributed by atoms with Crippen LogP contribution in [0.5, 0.6) is 0 Å². The van der Waals surface area contributed by atoms with Crippen molar-refractivity contribution in [2.45, 2.75) is 45.2 Å². The van der Waals surface area contributed by atoms with Crippen molar-refractivity contribution in [3.63, 3.8) is 0 Å². The van der Waals surface area contributed by atoms with Gasteiger partial charge in [0.25, 0.3) is 0 Å². The number of likely N-dealkylation sites (N-methyl/N-ethyl adjacent to an activating group) is 2. The third kappa shape index (κ3) is 6.79. The van der Waals surface area contributed by atoms with Crippen LogP contribution in [0.2, 0.25) is 0 Å². The van der Waals surface area contributed by atoms with Gasteiger partial charge in [0.2, 0.25) is 5.95 Å². The Hall–Kier alpha value is -3.40. The van der Waals surface area contributed by atoms with E-state index >= 15 is 0 Å². The minimum absolute atomic E-state index is 0.0401. The van der Waals surface area contributed by atoms with Crippen molar-refractivity contribution in [3.05, 3.63) is 65.0 Å². The molecule has 210 valence electrons. The Labute approximate surface area is 229 Å². The molecule has 39 heavy (non-hydrogen) atoms. The summed E-state index contributed by atoms with van der Waals surface area (Å²) in [5.74, 6) is 1.25. The molecule has 0 unspecified atom stereocenters. The van der Waals surface area contributed by atoms with E-state index in [9.17, 15) is 13.2 Å². The molecule has 3 heterocycles. The average Bonchev–Trinajstić information content (AvgIpc) is 3.09. The van der Waals surface area contributed by atoms with Crippen molar-refractivity contribution in [2.24, 2.45) is 0 Å². The summed E-state index contributed by atoms with van der Waals surface area (Å²) in [4.78, 5) is 19.8. The van der Waals surface area contributed by atoms with E-state index in [0.717, 1.165) is 41.7 Å². The number of pyridine rings is 1. The molecule has 0 radical (unpaired) electrons. The van der Waals surface area contributed by atoms with E-state index in [-0.39, 0.29) is 11.2 Å². The number of halogens is 3. The lowest BCUT2D eigenvalue weighted by molar-refractivity contribution is -0.137. The first-order chi connectivity index (χ1) is 18.3. The molecule has 2 aromatic heterocycles. The number of hydrogen-bond acceptors (Lipinski definition) is 7. The van der Waals surface area contributed by atoms with Crippen LogP contribution in [0.15, 0.2) is 42.6 Å².